The molecule has 6 nitrogen and oxygen atoms in total. The van der Waals surface area contributed by atoms with Crippen LogP contribution in [0.4, 0.5) is 0 Å². The summed E-state index contributed by atoms with van der Waals surface area (Å²) in [5.41, 5.74) is 0. The molecule has 1 aliphatic carbocycles. The van der Waals surface area contributed by atoms with Gasteiger partial charge in [-0.25, -0.2) is 0 Å². The Balaban J connectivity index is 2.68. The minimum absolute atomic E-state index is 0.0296. The summed E-state index contributed by atoms with van der Waals surface area (Å²) < 4.78 is 0. The third-order valence-electron chi connectivity index (χ3n) is 3.44. The Morgan fingerprint density at radius 1 is 1.22 bits per heavy atom. The summed E-state index contributed by atoms with van der Waals surface area (Å²) in [4.78, 5) is 35.8. The fourth-order valence-electron chi connectivity index (χ4n) is 2.38. The molecule has 6 heteroatoms. The maximum absolute atomic E-state index is 12.1. The minimum Gasteiger partial charge on any atom is -0.481 e. The molecule has 0 aromatic heterocycles. The SMILES string of the molecule is CNC(=O)CN(C)C(=O)C1CCCCC1C(=O)O. The van der Waals surface area contributed by atoms with Crippen LogP contribution >= 0.6 is 0 Å². The normalized spacial score (nSPS) is 23.2. The van der Waals surface area contributed by atoms with E-state index in [9.17, 15) is 14.4 Å². The van der Waals surface area contributed by atoms with Gasteiger partial charge in [0.2, 0.25) is 11.8 Å². The van der Waals surface area contributed by atoms with Gasteiger partial charge in [-0.05, 0) is 12.8 Å². The Morgan fingerprint density at radius 3 is 2.28 bits per heavy atom. The van der Waals surface area contributed by atoms with Gasteiger partial charge < -0.3 is 15.3 Å². The van der Waals surface area contributed by atoms with E-state index < -0.39 is 17.8 Å². The van der Waals surface area contributed by atoms with Crippen molar-refractivity contribution in [3.05, 3.63) is 0 Å². The van der Waals surface area contributed by atoms with Crippen LogP contribution in [-0.4, -0.2) is 48.4 Å². The molecule has 102 valence electrons. The van der Waals surface area contributed by atoms with Crippen molar-refractivity contribution in [2.75, 3.05) is 20.6 Å². The summed E-state index contributed by atoms with van der Waals surface area (Å²) in [6.45, 7) is -0.0296. The van der Waals surface area contributed by atoms with Crippen LogP contribution in [-0.2, 0) is 14.4 Å². The van der Waals surface area contributed by atoms with Gasteiger partial charge >= 0.3 is 5.97 Å². The van der Waals surface area contributed by atoms with Crippen LogP contribution in [0.25, 0.3) is 0 Å². The van der Waals surface area contributed by atoms with Crippen molar-refractivity contribution in [1.29, 1.82) is 0 Å². The van der Waals surface area contributed by atoms with Crippen molar-refractivity contribution in [3.8, 4) is 0 Å². The Bertz CT molecular complexity index is 343. The molecule has 1 aliphatic rings. The highest BCUT2D eigenvalue weighted by molar-refractivity contribution is 5.88. The number of rotatable bonds is 4. The van der Waals surface area contributed by atoms with Crippen molar-refractivity contribution >= 4 is 17.8 Å². The average Bonchev–Trinajstić information content (AvgIpc) is 2.37. The monoisotopic (exact) mass is 256 g/mol. The number of nitrogens with zero attached hydrogens (tertiary/aromatic N) is 1. The summed E-state index contributed by atoms with van der Waals surface area (Å²) in [5, 5.41) is 11.6. The topological polar surface area (TPSA) is 86.7 Å². The van der Waals surface area contributed by atoms with Crippen LogP contribution in [0.3, 0.4) is 0 Å². The van der Waals surface area contributed by atoms with Gasteiger partial charge in [0.05, 0.1) is 18.4 Å². The molecular formula is C12H20N2O4. The number of nitrogens with one attached hydrogen (secondary N) is 1. The predicted molar refractivity (Wildman–Crippen MR) is 64.8 cm³/mol. The molecule has 0 heterocycles. The zero-order valence-electron chi connectivity index (χ0n) is 10.8. The zero-order chi connectivity index (χ0) is 13.7. The molecule has 0 radical (unpaired) electrons. The first-order valence-corrected chi connectivity index (χ1v) is 6.15. The summed E-state index contributed by atoms with van der Waals surface area (Å²) in [6, 6.07) is 0. The van der Waals surface area contributed by atoms with Crippen molar-refractivity contribution in [2.24, 2.45) is 11.8 Å². The molecule has 0 bridgehead atoms. The summed E-state index contributed by atoms with van der Waals surface area (Å²) >= 11 is 0. The van der Waals surface area contributed by atoms with Crippen molar-refractivity contribution in [3.63, 3.8) is 0 Å². The van der Waals surface area contributed by atoms with Crippen molar-refractivity contribution in [1.82, 2.24) is 10.2 Å². The number of hydrogen-bond acceptors (Lipinski definition) is 3. The molecule has 0 aliphatic heterocycles. The van der Waals surface area contributed by atoms with Gasteiger partial charge in [0.25, 0.3) is 0 Å². The Labute approximate surface area is 106 Å². The molecule has 0 spiro atoms. The van der Waals surface area contributed by atoms with Crippen LogP contribution < -0.4 is 5.32 Å². The van der Waals surface area contributed by atoms with E-state index in [-0.39, 0.29) is 18.4 Å². The number of carbonyl (C=O) groups is 3. The lowest BCUT2D eigenvalue weighted by Crippen LogP contribution is -2.44. The number of aliphatic carboxylic acids is 1. The van der Waals surface area contributed by atoms with Crippen LogP contribution in [0.15, 0.2) is 0 Å². The predicted octanol–water partition coefficient (Wildman–Crippen LogP) is 0.0818. The number of carboxylic acids is 1. The molecule has 0 aromatic rings. The lowest BCUT2D eigenvalue weighted by molar-refractivity contribution is -0.152. The highest BCUT2D eigenvalue weighted by Gasteiger charge is 2.37. The average molecular weight is 256 g/mol. The Morgan fingerprint density at radius 2 is 1.78 bits per heavy atom. The van der Waals surface area contributed by atoms with Gasteiger partial charge in [-0.2, -0.15) is 0 Å². The molecule has 1 fully saturated rings. The first kappa shape index (κ1) is 14.5. The van der Waals surface area contributed by atoms with E-state index in [4.69, 9.17) is 5.11 Å². The van der Waals surface area contributed by atoms with Crippen LogP contribution in [0.1, 0.15) is 25.7 Å². The molecular weight excluding hydrogens is 236 g/mol. The van der Waals surface area contributed by atoms with Gasteiger partial charge in [0.15, 0.2) is 0 Å². The van der Waals surface area contributed by atoms with E-state index in [2.05, 4.69) is 5.32 Å². The zero-order valence-corrected chi connectivity index (χ0v) is 10.8. The first-order chi connectivity index (χ1) is 8.47. The number of hydrogen-bond donors (Lipinski definition) is 2. The summed E-state index contributed by atoms with van der Waals surface area (Å²) in [7, 11) is 3.03. The van der Waals surface area contributed by atoms with Gasteiger partial charge in [0, 0.05) is 14.1 Å². The third kappa shape index (κ3) is 3.45. The maximum atomic E-state index is 12.1. The fraction of sp³-hybridized carbons (Fsp3) is 0.750. The van der Waals surface area contributed by atoms with Gasteiger partial charge in [-0.1, -0.05) is 12.8 Å². The molecule has 2 N–H and O–H groups in total. The molecule has 0 aromatic carbocycles. The minimum atomic E-state index is -0.915. The molecule has 1 rings (SSSR count). The molecule has 18 heavy (non-hydrogen) atoms. The summed E-state index contributed by atoms with van der Waals surface area (Å²) in [5.74, 6) is -2.52. The van der Waals surface area contributed by atoms with E-state index in [0.717, 1.165) is 12.8 Å². The molecule has 2 amide bonds. The Hall–Kier alpha value is -1.59. The van der Waals surface area contributed by atoms with Crippen LogP contribution in [0, 0.1) is 11.8 Å². The molecule has 1 saturated carbocycles. The smallest absolute Gasteiger partial charge is 0.307 e. The number of carbonyl (C=O) groups excluding carboxylic acids is 2. The maximum Gasteiger partial charge on any atom is 0.307 e. The van der Waals surface area contributed by atoms with Gasteiger partial charge in [0.1, 0.15) is 0 Å². The Kier molecular flexibility index (Phi) is 5.12. The van der Waals surface area contributed by atoms with Gasteiger partial charge in [-0.3, -0.25) is 14.4 Å². The van der Waals surface area contributed by atoms with Gasteiger partial charge in [-0.15, -0.1) is 0 Å². The van der Waals surface area contributed by atoms with Crippen LogP contribution in [0.2, 0.25) is 0 Å². The lowest BCUT2D eigenvalue weighted by atomic mass is 9.78. The first-order valence-electron chi connectivity index (χ1n) is 6.15. The van der Waals surface area contributed by atoms with Crippen LogP contribution in [0.5, 0.6) is 0 Å². The quantitative estimate of drug-likeness (QED) is 0.746. The van der Waals surface area contributed by atoms with Crippen molar-refractivity contribution in [2.45, 2.75) is 25.7 Å². The van der Waals surface area contributed by atoms with E-state index >= 15 is 0 Å². The van der Waals surface area contributed by atoms with E-state index in [1.54, 1.807) is 0 Å². The molecule has 0 saturated heterocycles. The second-order valence-electron chi connectivity index (χ2n) is 4.70. The number of carboxylic acid groups (broad SMARTS) is 1. The lowest BCUT2D eigenvalue weighted by Gasteiger charge is -2.30. The molecule has 2 unspecified atom stereocenters. The number of likely N-dealkylation sites (N-methyl/N-ethyl adjacent to an activating group) is 2. The highest BCUT2D eigenvalue weighted by Crippen LogP contribution is 2.31. The van der Waals surface area contributed by atoms with E-state index in [1.165, 1.54) is 19.0 Å². The summed E-state index contributed by atoms with van der Waals surface area (Å²) in [6.07, 6.45) is 2.85. The largest absolute Gasteiger partial charge is 0.481 e. The highest BCUT2D eigenvalue weighted by atomic mass is 16.4. The fourth-order valence-corrected chi connectivity index (χ4v) is 2.38. The van der Waals surface area contributed by atoms with E-state index in [0.29, 0.717) is 12.8 Å². The second kappa shape index (κ2) is 6.37. The second-order valence-corrected chi connectivity index (χ2v) is 4.70. The van der Waals surface area contributed by atoms with Crippen molar-refractivity contribution < 1.29 is 19.5 Å². The third-order valence-corrected chi connectivity index (χ3v) is 3.44. The standard InChI is InChI=1S/C12H20N2O4/c1-13-10(15)7-14(2)11(16)8-5-3-4-6-9(8)12(17)18/h8-9H,3-7H2,1-2H3,(H,13,15)(H,17,18). The van der Waals surface area contributed by atoms with E-state index in [1.807, 2.05) is 0 Å². The molecule has 2 atom stereocenters. The number of amides is 2.